The summed E-state index contributed by atoms with van der Waals surface area (Å²) >= 11 is 0. The van der Waals surface area contributed by atoms with Crippen molar-refractivity contribution in [3.63, 3.8) is 0 Å². The second-order valence-corrected chi connectivity index (χ2v) is 5.14. The van der Waals surface area contributed by atoms with E-state index < -0.39 is 0 Å². The van der Waals surface area contributed by atoms with E-state index in [1.807, 2.05) is 25.7 Å². The van der Waals surface area contributed by atoms with E-state index in [2.05, 4.69) is 4.90 Å². The van der Waals surface area contributed by atoms with E-state index in [0.717, 1.165) is 55.4 Å². The first kappa shape index (κ1) is 14.1. The van der Waals surface area contributed by atoms with Gasteiger partial charge in [0.15, 0.2) is 0 Å². The van der Waals surface area contributed by atoms with Crippen LogP contribution in [-0.2, 0) is 0 Å². The Balaban J connectivity index is 2.05. The van der Waals surface area contributed by atoms with E-state index in [9.17, 15) is 4.79 Å². The molecule has 19 heavy (non-hydrogen) atoms. The molecule has 0 bridgehead atoms. The van der Waals surface area contributed by atoms with Crippen LogP contribution in [0, 0.1) is 20.8 Å². The Morgan fingerprint density at radius 2 is 1.79 bits per heavy atom. The average Bonchev–Trinajstić information content (AvgIpc) is 2.64. The van der Waals surface area contributed by atoms with Gasteiger partial charge in [0, 0.05) is 44.8 Å². The molecule has 0 unspecified atom stereocenters. The maximum absolute atomic E-state index is 12.5. The Hall–Kier alpha value is -1.33. The molecule has 1 amide bonds. The Kier molecular flexibility index (Phi) is 4.27. The van der Waals surface area contributed by atoms with Gasteiger partial charge in [-0.2, -0.15) is 0 Å². The highest BCUT2D eigenvalue weighted by Crippen LogP contribution is 2.22. The van der Waals surface area contributed by atoms with Crippen LogP contribution in [-0.4, -0.2) is 55.0 Å². The lowest BCUT2D eigenvalue weighted by Crippen LogP contribution is -2.49. The van der Waals surface area contributed by atoms with Crippen LogP contribution in [0.1, 0.15) is 27.4 Å². The van der Waals surface area contributed by atoms with E-state index in [0.29, 0.717) is 6.54 Å². The molecule has 1 aromatic rings. The maximum atomic E-state index is 12.5. The molecule has 1 saturated heterocycles. The fraction of sp³-hybridized carbons (Fsp3) is 0.643. The van der Waals surface area contributed by atoms with Gasteiger partial charge in [-0.25, -0.2) is 0 Å². The topological polar surface area (TPSA) is 62.7 Å². The van der Waals surface area contributed by atoms with E-state index in [1.54, 1.807) is 0 Å². The molecule has 2 N–H and O–H groups in total. The number of nitrogens with two attached hydrogens (primary N) is 1. The molecule has 0 aromatic carbocycles. The van der Waals surface area contributed by atoms with Gasteiger partial charge in [-0.3, -0.25) is 9.69 Å². The highest BCUT2D eigenvalue weighted by molar-refractivity contribution is 5.97. The Bertz CT molecular complexity index is 460. The molecular weight excluding hydrogens is 242 g/mol. The lowest BCUT2D eigenvalue weighted by molar-refractivity contribution is 0.0638. The van der Waals surface area contributed by atoms with Crippen LogP contribution in [0.15, 0.2) is 4.42 Å². The molecule has 5 nitrogen and oxygen atoms in total. The average molecular weight is 265 g/mol. The summed E-state index contributed by atoms with van der Waals surface area (Å²) in [5, 5.41) is 0. The molecule has 0 radical (unpaired) electrons. The number of hydrogen-bond donors (Lipinski definition) is 1. The standard InChI is InChI=1S/C14H23N3O2/c1-10-11(2)19-12(3)13(10)14(18)17-8-6-16(5-4-15)7-9-17/h4-9,15H2,1-3H3. The van der Waals surface area contributed by atoms with Crippen LogP contribution < -0.4 is 5.73 Å². The summed E-state index contributed by atoms with van der Waals surface area (Å²) in [6, 6.07) is 0. The summed E-state index contributed by atoms with van der Waals surface area (Å²) < 4.78 is 5.54. The van der Waals surface area contributed by atoms with Crippen molar-refractivity contribution in [1.82, 2.24) is 9.80 Å². The number of amides is 1. The minimum atomic E-state index is 0.0965. The number of aryl methyl sites for hydroxylation is 2. The van der Waals surface area contributed by atoms with E-state index in [-0.39, 0.29) is 5.91 Å². The molecular formula is C14H23N3O2. The third-order valence-electron chi connectivity index (χ3n) is 3.88. The van der Waals surface area contributed by atoms with Crippen molar-refractivity contribution in [3.05, 3.63) is 22.6 Å². The molecule has 2 heterocycles. The summed E-state index contributed by atoms with van der Waals surface area (Å²) in [7, 11) is 0. The molecule has 2 rings (SSSR count). The second-order valence-electron chi connectivity index (χ2n) is 5.14. The molecule has 0 atom stereocenters. The largest absolute Gasteiger partial charge is 0.466 e. The number of hydrogen-bond acceptors (Lipinski definition) is 4. The fourth-order valence-corrected chi connectivity index (χ4v) is 2.62. The molecule has 1 aromatic heterocycles. The SMILES string of the molecule is Cc1oc(C)c(C(=O)N2CCN(CCN)CC2)c1C. The lowest BCUT2D eigenvalue weighted by Gasteiger charge is -2.34. The summed E-state index contributed by atoms with van der Waals surface area (Å²) in [5.74, 6) is 1.66. The van der Waals surface area contributed by atoms with Crippen LogP contribution in [0.4, 0.5) is 0 Å². The maximum Gasteiger partial charge on any atom is 0.257 e. The van der Waals surface area contributed by atoms with E-state index in [4.69, 9.17) is 10.2 Å². The van der Waals surface area contributed by atoms with Crippen LogP contribution in [0.3, 0.4) is 0 Å². The van der Waals surface area contributed by atoms with Crippen molar-refractivity contribution in [2.75, 3.05) is 39.3 Å². The van der Waals surface area contributed by atoms with Crippen LogP contribution in [0.5, 0.6) is 0 Å². The minimum absolute atomic E-state index is 0.0965. The summed E-state index contributed by atoms with van der Waals surface area (Å²) in [5.41, 5.74) is 7.26. The third kappa shape index (κ3) is 2.82. The van der Waals surface area contributed by atoms with Crippen molar-refractivity contribution in [1.29, 1.82) is 0 Å². The van der Waals surface area contributed by atoms with Crippen molar-refractivity contribution in [3.8, 4) is 0 Å². The highest BCUT2D eigenvalue weighted by Gasteiger charge is 2.26. The quantitative estimate of drug-likeness (QED) is 0.883. The zero-order valence-electron chi connectivity index (χ0n) is 12.0. The number of carbonyl (C=O) groups is 1. The number of furan rings is 1. The first-order chi connectivity index (χ1) is 9.04. The normalized spacial score (nSPS) is 16.9. The first-order valence-corrected chi connectivity index (χ1v) is 6.83. The van der Waals surface area contributed by atoms with Gasteiger partial charge in [0.05, 0.1) is 5.56 Å². The van der Waals surface area contributed by atoms with Crippen molar-refractivity contribution in [2.45, 2.75) is 20.8 Å². The van der Waals surface area contributed by atoms with Crippen molar-refractivity contribution >= 4 is 5.91 Å². The van der Waals surface area contributed by atoms with Gasteiger partial charge in [-0.1, -0.05) is 0 Å². The molecule has 5 heteroatoms. The molecule has 0 spiro atoms. The lowest BCUT2D eigenvalue weighted by atomic mass is 10.1. The zero-order chi connectivity index (χ0) is 14.0. The Morgan fingerprint density at radius 1 is 1.16 bits per heavy atom. The fourth-order valence-electron chi connectivity index (χ4n) is 2.62. The van der Waals surface area contributed by atoms with E-state index >= 15 is 0 Å². The van der Waals surface area contributed by atoms with Gasteiger partial charge in [0.25, 0.3) is 5.91 Å². The smallest absolute Gasteiger partial charge is 0.257 e. The number of nitrogens with zero attached hydrogens (tertiary/aromatic N) is 2. The summed E-state index contributed by atoms with van der Waals surface area (Å²) in [6.07, 6.45) is 0. The van der Waals surface area contributed by atoms with Crippen molar-refractivity contribution in [2.24, 2.45) is 5.73 Å². The number of piperazine rings is 1. The molecule has 1 aliphatic heterocycles. The third-order valence-corrected chi connectivity index (χ3v) is 3.88. The molecule has 106 valence electrons. The second kappa shape index (κ2) is 5.75. The van der Waals surface area contributed by atoms with E-state index in [1.165, 1.54) is 0 Å². The minimum Gasteiger partial charge on any atom is -0.466 e. The van der Waals surface area contributed by atoms with Gasteiger partial charge in [-0.15, -0.1) is 0 Å². The van der Waals surface area contributed by atoms with Gasteiger partial charge in [-0.05, 0) is 20.8 Å². The van der Waals surface area contributed by atoms with Gasteiger partial charge in [0.2, 0.25) is 0 Å². The predicted octanol–water partition coefficient (Wildman–Crippen LogP) is 0.921. The van der Waals surface area contributed by atoms with Crippen LogP contribution >= 0.6 is 0 Å². The summed E-state index contributed by atoms with van der Waals surface area (Å²) in [6.45, 7) is 10.6. The molecule has 1 fully saturated rings. The zero-order valence-corrected chi connectivity index (χ0v) is 12.0. The molecule has 0 saturated carbocycles. The molecule has 0 aliphatic carbocycles. The highest BCUT2D eigenvalue weighted by atomic mass is 16.3. The predicted molar refractivity (Wildman–Crippen MR) is 74.3 cm³/mol. The number of carbonyl (C=O) groups excluding carboxylic acids is 1. The number of rotatable bonds is 3. The van der Waals surface area contributed by atoms with Crippen molar-refractivity contribution < 1.29 is 9.21 Å². The Morgan fingerprint density at radius 3 is 2.26 bits per heavy atom. The summed E-state index contributed by atoms with van der Waals surface area (Å²) in [4.78, 5) is 16.8. The van der Waals surface area contributed by atoms with Gasteiger partial charge < -0.3 is 15.1 Å². The van der Waals surface area contributed by atoms with Gasteiger partial charge in [0.1, 0.15) is 11.5 Å². The first-order valence-electron chi connectivity index (χ1n) is 6.83. The Labute approximate surface area is 114 Å². The van der Waals surface area contributed by atoms with Crippen LogP contribution in [0.2, 0.25) is 0 Å². The van der Waals surface area contributed by atoms with Gasteiger partial charge >= 0.3 is 0 Å². The monoisotopic (exact) mass is 265 g/mol. The van der Waals surface area contributed by atoms with Crippen LogP contribution in [0.25, 0.3) is 0 Å². The molecule has 1 aliphatic rings.